The number of β-amino-alcohol motifs (C(OH)–C–C–N with tert-alkyl or cyclic N) is 1. The number of likely N-dealkylation sites (N-methyl/N-ethyl adjacent to an activating group) is 1. The molecule has 0 aromatic heterocycles. The topological polar surface area (TPSA) is 69.8 Å². The Bertz CT molecular complexity index is 462. The molecule has 19 heavy (non-hydrogen) atoms. The first-order chi connectivity index (χ1) is 8.99. The number of carbonyl (C=O) groups excluding carboxylic acids is 1. The van der Waals surface area contributed by atoms with Gasteiger partial charge >= 0.3 is 0 Å². The predicted octanol–water partition coefficient (Wildman–Crippen LogP) is 0.406. The normalized spacial score (nSPS) is 23.1. The van der Waals surface area contributed by atoms with Gasteiger partial charge in [0.25, 0.3) is 5.91 Å². The standard InChI is InChI=1S/C14H21N3O2/c1-16(2)8-10-7-11(18)9-17(10)14(19)12-5-3-4-6-13(12)15/h3-6,10-11,18H,7-9,15H2,1-2H3. The zero-order chi connectivity index (χ0) is 14.0. The van der Waals surface area contributed by atoms with E-state index in [0.29, 0.717) is 24.2 Å². The first-order valence-corrected chi connectivity index (χ1v) is 6.47. The van der Waals surface area contributed by atoms with Crippen LogP contribution >= 0.6 is 0 Å². The number of hydrogen-bond acceptors (Lipinski definition) is 4. The second-order valence-corrected chi connectivity index (χ2v) is 5.35. The zero-order valence-corrected chi connectivity index (χ0v) is 11.4. The predicted molar refractivity (Wildman–Crippen MR) is 74.9 cm³/mol. The Kier molecular flexibility index (Phi) is 4.07. The van der Waals surface area contributed by atoms with E-state index in [4.69, 9.17) is 5.73 Å². The molecular formula is C14H21N3O2. The van der Waals surface area contributed by atoms with E-state index in [1.54, 1.807) is 23.1 Å². The minimum atomic E-state index is -0.446. The molecule has 2 unspecified atom stereocenters. The maximum Gasteiger partial charge on any atom is 0.256 e. The number of hydrogen-bond donors (Lipinski definition) is 2. The largest absolute Gasteiger partial charge is 0.398 e. The zero-order valence-electron chi connectivity index (χ0n) is 11.4. The van der Waals surface area contributed by atoms with Crippen LogP contribution in [0.4, 0.5) is 5.69 Å². The molecule has 1 aromatic rings. The lowest BCUT2D eigenvalue weighted by molar-refractivity contribution is 0.0700. The van der Waals surface area contributed by atoms with E-state index in [1.807, 2.05) is 25.1 Å². The van der Waals surface area contributed by atoms with Crippen molar-refractivity contribution in [2.24, 2.45) is 0 Å². The number of benzene rings is 1. The van der Waals surface area contributed by atoms with Crippen molar-refractivity contribution in [3.05, 3.63) is 29.8 Å². The number of rotatable bonds is 3. The Hall–Kier alpha value is -1.59. The van der Waals surface area contributed by atoms with Gasteiger partial charge in [0.2, 0.25) is 0 Å². The molecule has 5 nitrogen and oxygen atoms in total. The van der Waals surface area contributed by atoms with E-state index in [2.05, 4.69) is 0 Å². The van der Waals surface area contributed by atoms with Gasteiger partial charge in [-0.2, -0.15) is 0 Å². The van der Waals surface area contributed by atoms with Crippen molar-refractivity contribution in [3.63, 3.8) is 0 Å². The molecule has 1 aromatic carbocycles. The molecule has 1 fully saturated rings. The fourth-order valence-electron chi connectivity index (χ4n) is 2.58. The molecule has 1 amide bonds. The van der Waals surface area contributed by atoms with E-state index in [0.717, 1.165) is 6.54 Å². The van der Waals surface area contributed by atoms with Gasteiger partial charge < -0.3 is 20.6 Å². The van der Waals surface area contributed by atoms with Crippen LogP contribution < -0.4 is 5.73 Å². The van der Waals surface area contributed by atoms with Crippen molar-refractivity contribution >= 4 is 11.6 Å². The molecule has 3 N–H and O–H groups in total. The van der Waals surface area contributed by atoms with Crippen molar-refractivity contribution in [1.82, 2.24) is 9.80 Å². The highest BCUT2D eigenvalue weighted by Crippen LogP contribution is 2.23. The molecule has 0 radical (unpaired) electrons. The molecule has 5 heteroatoms. The second kappa shape index (κ2) is 5.59. The fraction of sp³-hybridized carbons (Fsp3) is 0.500. The smallest absolute Gasteiger partial charge is 0.256 e. The van der Waals surface area contributed by atoms with Gasteiger partial charge in [0.15, 0.2) is 0 Å². The molecule has 104 valence electrons. The molecule has 1 aliphatic rings. The number of nitrogen functional groups attached to an aromatic ring is 1. The third-order valence-electron chi connectivity index (χ3n) is 3.42. The van der Waals surface area contributed by atoms with Crippen LogP contribution in [0.2, 0.25) is 0 Å². The molecule has 0 aliphatic carbocycles. The molecule has 0 spiro atoms. The molecule has 2 atom stereocenters. The molecule has 0 saturated carbocycles. The Morgan fingerprint density at radius 2 is 2.16 bits per heavy atom. The number of aliphatic hydroxyl groups excluding tert-OH is 1. The van der Waals surface area contributed by atoms with Crippen LogP contribution in [-0.2, 0) is 0 Å². The lowest BCUT2D eigenvalue weighted by Gasteiger charge is -2.27. The monoisotopic (exact) mass is 263 g/mol. The van der Waals surface area contributed by atoms with Crippen LogP contribution in [-0.4, -0.2) is 60.1 Å². The number of anilines is 1. The number of amides is 1. The lowest BCUT2D eigenvalue weighted by Crippen LogP contribution is -2.41. The highest BCUT2D eigenvalue weighted by molar-refractivity contribution is 5.99. The summed E-state index contributed by atoms with van der Waals surface area (Å²) in [4.78, 5) is 16.3. The average Bonchev–Trinajstić information content (AvgIpc) is 2.69. The van der Waals surface area contributed by atoms with Crippen LogP contribution in [0.3, 0.4) is 0 Å². The van der Waals surface area contributed by atoms with E-state index >= 15 is 0 Å². The third kappa shape index (κ3) is 3.05. The van der Waals surface area contributed by atoms with E-state index in [-0.39, 0.29) is 11.9 Å². The fourth-order valence-corrected chi connectivity index (χ4v) is 2.58. The second-order valence-electron chi connectivity index (χ2n) is 5.35. The van der Waals surface area contributed by atoms with Gasteiger partial charge in [-0.25, -0.2) is 0 Å². The SMILES string of the molecule is CN(C)CC1CC(O)CN1C(=O)c1ccccc1N. The minimum Gasteiger partial charge on any atom is -0.398 e. The van der Waals surface area contributed by atoms with Crippen molar-refractivity contribution in [2.75, 3.05) is 32.9 Å². The number of carbonyl (C=O) groups is 1. The summed E-state index contributed by atoms with van der Waals surface area (Å²) in [6, 6.07) is 7.10. The van der Waals surface area contributed by atoms with Crippen molar-refractivity contribution < 1.29 is 9.90 Å². The summed E-state index contributed by atoms with van der Waals surface area (Å²) < 4.78 is 0. The summed E-state index contributed by atoms with van der Waals surface area (Å²) in [6.07, 6.45) is 0.176. The van der Waals surface area contributed by atoms with Crippen molar-refractivity contribution in [3.8, 4) is 0 Å². The summed E-state index contributed by atoms with van der Waals surface area (Å²) >= 11 is 0. The Labute approximate surface area is 113 Å². The number of likely N-dealkylation sites (tertiary alicyclic amines) is 1. The minimum absolute atomic E-state index is 0.0390. The Morgan fingerprint density at radius 1 is 1.47 bits per heavy atom. The van der Waals surface area contributed by atoms with Gasteiger partial charge in [0.05, 0.1) is 11.7 Å². The molecule has 1 heterocycles. The van der Waals surface area contributed by atoms with Gasteiger partial charge in [-0.1, -0.05) is 12.1 Å². The van der Waals surface area contributed by atoms with Crippen LogP contribution in [0, 0.1) is 0 Å². The van der Waals surface area contributed by atoms with E-state index in [9.17, 15) is 9.90 Å². The van der Waals surface area contributed by atoms with Gasteiger partial charge in [-0.3, -0.25) is 4.79 Å². The van der Waals surface area contributed by atoms with Crippen molar-refractivity contribution in [1.29, 1.82) is 0 Å². The molecule has 1 saturated heterocycles. The highest BCUT2D eigenvalue weighted by Gasteiger charge is 2.35. The molecule has 0 bridgehead atoms. The Balaban J connectivity index is 2.19. The highest BCUT2D eigenvalue weighted by atomic mass is 16.3. The van der Waals surface area contributed by atoms with Gasteiger partial charge in [0.1, 0.15) is 0 Å². The number of aliphatic hydroxyl groups is 1. The summed E-state index contributed by atoms with van der Waals surface area (Å²) in [7, 11) is 3.93. The van der Waals surface area contributed by atoms with Gasteiger partial charge in [-0.15, -0.1) is 0 Å². The van der Waals surface area contributed by atoms with Crippen LogP contribution in [0.25, 0.3) is 0 Å². The van der Waals surface area contributed by atoms with Crippen LogP contribution in [0.1, 0.15) is 16.8 Å². The first kappa shape index (κ1) is 13.8. The first-order valence-electron chi connectivity index (χ1n) is 6.47. The molecular weight excluding hydrogens is 242 g/mol. The van der Waals surface area contributed by atoms with Gasteiger partial charge in [-0.05, 0) is 32.6 Å². The summed E-state index contributed by atoms with van der Waals surface area (Å²) in [5, 5.41) is 9.80. The van der Waals surface area contributed by atoms with E-state index in [1.165, 1.54) is 0 Å². The van der Waals surface area contributed by atoms with E-state index < -0.39 is 6.10 Å². The summed E-state index contributed by atoms with van der Waals surface area (Å²) in [5.41, 5.74) is 6.85. The third-order valence-corrected chi connectivity index (χ3v) is 3.42. The average molecular weight is 263 g/mol. The summed E-state index contributed by atoms with van der Waals surface area (Å²) in [5.74, 6) is -0.0958. The van der Waals surface area contributed by atoms with Gasteiger partial charge in [0, 0.05) is 24.8 Å². The molecule has 1 aliphatic heterocycles. The quantitative estimate of drug-likeness (QED) is 0.775. The summed E-state index contributed by atoms with van der Waals surface area (Å²) in [6.45, 7) is 1.13. The van der Waals surface area contributed by atoms with Crippen LogP contribution in [0.5, 0.6) is 0 Å². The number of nitrogens with two attached hydrogens (primary N) is 1. The Morgan fingerprint density at radius 3 is 2.79 bits per heavy atom. The number of nitrogens with zero attached hydrogens (tertiary/aromatic N) is 2. The van der Waals surface area contributed by atoms with Crippen molar-refractivity contribution in [2.45, 2.75) is 18.6 Å². The maximum absolute atomic E-state index is 12.5. The maximum atomic E-state index is 12.5. The molecule has 2 rings (SSSR count). The van der Waals surface area contributed by atoms with Crippen LogP contribution in [0.15, 0.2) is 24.3 Å². The lowest BCUT2D eigenvalue weighted by atomic mass is 10.1. The number of para-hydroxylation sites is 1.